The highest BCUT2D eigenvalue weighted by Gasteiger charge is 2.26. The molecule has 1 heterocycles. The molecule has 0 fully saturated rings. The number of aliphatic hydroxyl groups is 1. The second-order valence-electron chi connectivity index (χ2n) is 5.21. The lowest BCUT2D eigenvalue weighted by atomic mass is 10.00. The topological polar surface area (TPSA) is 32.7 Å². The molecule has 1 N–H and O–H groups in total. The Balaban J connectivity index is 2.00. The molecule has 1 unspecified atom stereocenters. The van der Waals surface area contributed by atoms with Gasteiger partial charge in [0.2, 0.25) is 0 Å². The first-order valence-electron chi connectivity index (χ1n) is 6.79. The lowest BCUT2D eigenvalue weighted by molar-refractivity contribution is 0.174. The monoisotopic (exact) mass is 249 g/mol. The zero-order valence-corrected chi connectivity index (χ0v) is 11.3. The Morgan fingerprint density at radius 3 is 2.89 bits per heavy atom. The van der Waals surface area contributed by atoms with Crippen LogP contribution in [0.4, 0.5) is 0 Å². The van der Waals surface area contributed by atoms with Gasteiger partial charge in [-0.3, -0.25) is 0 Å². The molecule has 0 saturated carbocycles. The molecule has 1 atom stereocenters. The van der Waals surface area contributed by atoms with Gasteiger partial charge in [0.05, 0.1) is 6.61 Å². The van der Waals surface area contributed by atoms with Crippen molar-refractivity contribution in [3.8, 4) is 5.75 Å². The molecular formula is C15H23NO2. The number of rotatable bonds is 6. The van der Waals surface area contributed by atoms with E-state index in [2.05, 4.69) is 30.9 Å². The van der Waals surface area contributed by atoms with Crippen LogP contribution in [0.1, 0.15) is 31.7 Å². The summed E-state index contributed by atoms with van der Waals surface area (Å²) in [5.41, 5.74) is 1.33. The molecule has 0 radical (unpaired) electrons. The maximum absolute atomic E-state index is 8.96. The molecule has 0 aliphatic carbocycles. The summed E-state index contributed by atoms with van der Waals surface area (Å²) in [5.74, 6) is 1.50. The molecule has 18 heavy (non-hydrogen) atoms. The maximum atomic E-state index is 8.96. The molecule has 1 aromatic carbocycles. The van der Waals surface area contributed by atoms with Crippen molar-refractivity contribution >= 4 is 0 Å². The van der Waals surface area contributed by atoms with Crippen molar-refractivity contribution in [3.63, 3.8) is 0 Å². The zero-order valence-electron chi connectivity index (χ0n) is 11.3. The average molecular weight is 249 g/mol. The molecule has 2 rings (SSSR count). The van der Waals surface area contributed by atoms with E-state index < -0.39 is 0 Å². The second-order valence-corrected chi connectivity index (χ2v) is 5.21. The molecule has 0 bridgehead atoms. The summed E-state index contributed by atoms with van der Waals surface area (Å²) in [4.78, 5) is 2.42. The largest absolute Gasteiger partial charge is 0.493 e. The van der Waals surface area contributed by atoms with Crippen molar-refractivity contribution in [2.75, 3.05) is 26.3 Å². The van der Waals surface area contributed by atoms with E-state index in [1.807, 2.05) is 12.1 Å². The fourth-order valence-electron chi connectivity index (χ4n) is 2.50. The van der Waals surface area contributed by atoms with Crippen LogP contribution in [0.25, 0.3) is 0 Å². The predicted octanol–water partition coefficient (Wildman–Crippen LogP) is 2.26. The van der Waals surface area contributed by atoms with Crippen LogP contribution in [0.2, 0.25) is 0 Å². The zero-order chi connectivity index (χ0) is 13.0. The van der Waals surface area contributed by atoms with Gasteiger partial charge >= 0.3 is 0 Å². The molecule has 3 nitrogen and oxygen atoms in total. The fraction of sp³-hybridized carbons (Fsp3) is 0.600. The maximum Gasteiger partial charge on any atom is 0.122 e. The Kier molecular flexibility index (Phi) is 4.61. The molecule has 0 aromatic heterocycles. The molecule has 1 aliphatic heterocycles. The van der Waals surface area contributed by atoms with E-state index in [0.29, 0.717) is 12.0 Å². The second kappa shape index (κ2) is 6.21. The molecule has 3 heteroatoms. The third kappa shape index (κ3) is 3.03. The van der Waals surface area contributed by atoms with Crippen molar-refractivity contribution < 1.29 is 9.84 Å². The lowest BCUT2D eigenvalue weighted by Crippen LogP contribution is -2.36. The van der Waals surface area contributed by atoms with Crippen LogP contribution in [0.15, 0.2) is 24.3 Å². The minimum absolute atomic E-state index is 0.265. The Morgan fingerprint density at radius 2 is 2.17 bits per heavy atom. The van der Waals surface area contributed by atoms with Crippen molar-refractivity contribution in [1.29, 1.82) is 0 Å². The highest BCUT2D eigenvalue weighted by Crippen LogP contribution is 2.34. The Hall–Kier alpha value is -1.06. The SMILES string of the molecule is CC(C)N(CCCO)CC1COc2ccccc21. The van der Waals surface area contributed by atoms with Gasteiger partial charge in [-0.1, -0.05) is 18.2 Å². The van der Waals surface area contributed by atoms with E-state index in [4.69, 9.17) is 9.84 Å². The normalized spacial score (nSPS) is 18.2. The van der Waals surface area contributed by atoms with Crippen LogP contribution >= 0.6 is 0 Å². The number of ether oxygens (including phenoxy) is 1. The van der Waals surface area contributed by atoms with Crippen LogP contribution in [-0.2, 0) is 0 Å². The van der Waals surface area contributed by atoms with Crippen LogP contribution in [0.5, 0.6) is 5.75 Å². The van der Waals surface area contributed by atoms with Gasteiger partial charge in [-0.15, -0.1) is 0 Å². The molecule has 100 valence electrons. The average Bonchev–Trinajstić information content (AvgIpc) is 2.77. The van der Waals surface area contributed by atoms with E-state index in [1.54, 1.807) is 0 Å². The summed E-state index contributed by atoms with van der Waals surface area (Å²) in [7, 11) is 0. The summed E-state index contributed by atoms with van der Waals surface area (Å²) >= 11 is 0. The van der Waals surface area contributed by atoms with Crippen molar-refractivity contribution in [2.45, 2.75) is 32.2 Å². The van der Waals surface area contributed by atoms with Crippen LogP contribution in [-0.4, -0.2) is 42.4 Å². The predicted molar refractivity (Wildman–Crippen MR) is 73.1 cm³/mol. The number of hydrogen-bond donors (Lipinski definition) is 1. The Bertz CT molecular complexity index is 379. The summed E-state index contributed by atoms with van der Waals surface area (Å²) in [6, 6.07) is 8.81. The summed E-state index contributed by atoms with van der Waals surface area (Å²) in [6.07, 6.45) is 0.841. The first-order valence-corrected chi connectivity index (χ1v) is 6.79. The number of aliphatic hydroxyl groups excluding tert-OH is 1. The summed E-state index contributed by atoms with van der Waals surface area (Å²) in [6.45, 7) is 7.42. The van der Waals surface area contributed by atoms with Gasteiger partial charge in [0, 0.05) is 37.2 Å². The minimum atomic E-state index is 0.265. The highest BCUT2D eigenvalue weighted by molar-refractivity contribution is 5.39. The number of benzene rings is 1. The van der Waals surface area contributed by atoms with Crippen LogP contribution < -0.4 is 4.74 Å². The van der Waals surface area contributed by atoms with Crippen molar-refractivity contribution in [1.82, 2.24) is 4.90 Å². The van der Waals surface area contributed by atoms with Gasteiger partial charge in [-0.05, 0) is 26.3 Å². The summed E-state index contributed by atoms with van der Waals surface area (Å²) < 4.78 is 5.72. The Labute approximate surface area is 109 Å². The van der Waals surface area contributed by atoms with Gasteiger partial charge in [0.1, 0.15) is 5.75 Å². The third-order valence-corrected chi connectivity index (χ3v) is 3.59. The number of para-hydroxylation sites is 1. The minimum Gasteiger partial charge on any atom is -0.493 e. The fourth-order valence-corrected chi connectivity index (χ4v) is 2.50. The van der Waals surface area contributed by atoms with E-state index in [-0.39, 0.29) is 6.61 Å². The van der Waals surface area contributed by atoms with E-state index in [1.165, 1.54) is 5.56 Å². The summed E-state index contributed by atoms with van der Waals surface area (Å²) in [5, 5.41) is 8.96. The first-order chi connectivity index (χ1) is 8.72. The molecular weight excluding hydrogens is 226 g/mol. The highest BCUT2D eigenvalue weighted by atomic mass is 16.5. The van der Waals surface area contributed by atoms with Crippen LogP contribution in [0.3, 0.4) is 0 Å². The van der Waals surface area contributed by atoms with Gasteiger partial charge in [-0.2, -0.15) is 0 Å². The number of fused-ring (bicyclic) bond motifs is 1. The van der Waals surface area contributed by atoms with Gasteiger partial charge < -0.3 is 14.7 Å². The quantitative estimate of drug-likeness (QED) is 0.839. The van der Waals surface area contributed by atoms with E-state index in [9.17, 15) is 0 Å². The van der Waals surface area contributed by atoms with Crippen molar-refractivity contribution in [2.24, 2.45) is 0 Å². The molecule has 0 amide bonds. The molecule has 0 spiro atoms. The number of nitrogens with zero attached hydrogens (tertiary/aromatic N) is 1. The van der Waals surface area contributed by atoms with Crippen LogP contribution in [0, 0.1) is 0 Å². The van der Waals surface area contributed by atoms with Gasteiger partial charge in [0.25, 0.3) is 0 Å². The molecule has 1 aliphatic rings. The smallest absolute Gasteiger partial charge is 0.122 e. The van der Waals surface area contributed by atoms with E-state index >= 15 is 0 Å². The van der Waals surface area contributed by atoms with E-state index in [0.717, 1.165) is 31.9 Å². The first kappa shape index (κ1) is 13.4. The Morgan fingerprint density at radius 1 is 1.39 bits per heavy atom. The van der Waals surface area contributed by atoms with Gasteiger partial charge in [0.15, 0.2) is 0 Å². The standard InChI is InChI=1S/C15H23NO2/c1-12(2)16(8-5-9-17)10-13-11-18-15-7-4-3-6-14(13)15/h3-4,6-7,12-13,17H,5,8-11H2,1-2H3. The number of hydrogen-bond acceptors (Lipinski definition) is 3. The van der Waals surface area contributed by atoms with Crippen molar-refractivity contribution in [3.05, 3.63) is 29.8 Å². The molecule has 1 aromatic rings. The lowest BCUT2D eigenvalue weighted by Gasteiger charge is -2.28. The van der Waals surface area contributed by atoms with Gasteiger partial charge in [-0.25, -0.2) is 0 Å². The third-order valence-electron chi connectivity index (χ3n) is 3.59. The molecule has 0 saturated heterocycles.